The van der Waals surface area contributed by atoms with Crippen molar-refractivity contribution in [1.29, 1.82) is 0 Å². The Bertz CT molecular complexity index is 669. The maximum absolute atomic E-state index is 12.0. The van der Waals surface area contributed by atoms with E-state index in [-0.39, 0.29) is 6.03 Å². The van der Waals surface area contributed by atoms with Crippen molar-refractivity contribution >= 4 is 23.4 Å². The molecular formula is C17H18N2O3. The Morgan fingerprint density at radius 1 is 1.05 bits per heavy atom. The van der Waals surface area contributed by atoms with Gasteiger partial charge in [0.15, 0.2) is 0 Å². The van der Waals surface area contributed by atoms with E-state index < -0.39 is 5.97 Å². The summed E-state index contributed by atoms with van der Waals surface area (Å²) in [6, 6.07) is 13.8. The molecule has 0 radical (unpaired) electrons. The topological polar surface area (TPSA) is 67.4 Å². The van der Waals surface area contributed by atoms with Crippen LogP contribution in [0.5, 0.6) is 0 Å². The smallest absolute Gasteiger partial charge is 0.338 e. The second kappa shape index (κ2) is 7.26. The molecular weight excluding hydrogens is 280 g/mol. The van der Waals surface area contributed by atoms with Crippen molar-refractivity contribution in [3.63, 3.8) is 0 Å². The van der Waals surface area contributed by atoms with E-state index in [9.17, 15) is 9.59 Å². The van der Waals surface area contributed by atoms with Crippen LogP contribution in [0.3, 0.4) is 0 Å². The molecule has 2 aromatic carbocycles. The van der Waals surface area contributed by atoms with Crippen LogP contribution in [0.1, 0.15) is 22.8 Å². The number of para-hydroxylation sites is 1. The Kier molecular flexibility index (Phi) is 5.14. The largest absolute Gasteiger partial charge is 0.462 e. The number of nitrogens with one attached hydrogen (secondary N) is 2. The molecule has 0 aliphatic rings. The predicted octanol–water partition coefficient (Wildman–Crippen LogP) is 3.82. The number of benzene rings is 2. The van der Waals surface area contributed by atoms with E-state index in [1.165, 1.54) is 0 Å². The van der Waals surface area contributed by atoms with Gasteiger partial charge in [-0.05, 0) is 43.7 Å². The van der Waals surface area contributed by atoms with Gasteiger partial charge in [0.25, 0.3) is 0 Å². The molecule has 2 N–H and O–H groups in total. The van der Waals surface area contributed by atoms with Crippen LogP contribution in [0, 0.1) is 6.92 Å². The number of rotatable bonds is 4. The molecule has 0 fully saturated rings. The van der Waals surface area contributed by atoms with Gasteiger partial charge < -0.3 is 15.4 Å². The van der Waals surface area contributed by atoms with Gasteiger partial charge in [-0.2, -0.15) is 0 Å². The van der Waals surface area contributed by atoms with Crippen molar-refractivity contribution in [2.24, 2.45) is 0 Å². The highest BCUT2D eigenvalue weighted by Gasteiger charge is 2.11. The highest BCUT2D eigenvalue weighted by atomic mass is 16.5. The molecule has 114 valence electrons. The van der Waals surface area contributed by atoms with Crippen LogP contribution in [0.15, 0.2) is 48.5 Å². The zero-order valence-electron chi connectivity index (χ0n) is 12.6. The third-order valence-electron chi connectivity index (χ3n) is 3.03. The molecule has 0 heterocycles. The second-order valence-electron chi connectivity index (χ2n) is 4.70. The van der Waals surface area contributed by atoms with Crippen molar-refractivity contribution in [2.45, 2.75) is 13.8 Å². The van der Waals surface area contributed by atoms with E-state index in [1.54, 1.807) is 37.3 Å². The first-order valence-electron chi connectivity index (χ1n) is 7.01. The summed E-state index contributed by atoms with van der Waals surface area (Å²) in [7, 11) is 0. The lowest BCUT2D eigenvalue weighted by Crippen LogP contribution is -2.20. The Balaban J connectivity index is 2.10. The fourth-order valence-corrected chi connectivity index (χ4v) is 1.90. The SMILES string of the molecule is CCOC(=O)c1ccc(C)c(NC(=O)Nc2ccccc2)c1. The fourth-order valence-electron chi connectivity index (χ4n) is 1.90. The molecule has 0 saturated heterocycles. The predicted molar refractivity (Wildman–Crippen MR) is 86.2 cm³/mol. The van der Waals surface area contributed by atoms with Gasteiger partial charge in [0, 0.05) is 11.4 Å². The quantitative estimate of drug-likeness (QED) is 0.843. The number of esters is 1. The number of anilines is 2. The summed E-state index contributed by atoms with van der Waals surface area (Å²) in [6.07, 6.45) is 0. The molecule has 2 amide bonds. The van der Waals surface area contributed by atoms with E-state index >= 15 is 0 Å². The molecule has 2 aromatic rings. The first kappa shape index (κ1) is 15.6. The van der Waals surface area contributed by atoms with E-state index in [0.29, 0.717) is 23.5 Å². The molecule has 22 heavy (non-hydrogen) atoms. The van der Waals surface area contributed by atoms with Gasteiger partial charge in [0.2, 0.25) is 0 Å². The van der Waals surface area contributed by atoms with E-state index in [1.807, 2.05) is 25.1 Å². The molecule has 0 aliphatic heterocycles. The normalized spacial score (nSPS) is 9.91. The number of urea groups is 1. The monoisotopic (exact) mass is 298 g/mol. The molecule has 0 spiro atoms. The summed E-state index contributed by atoms with van der Waals surface area (Å²) in [4.78, 5) is 23.7. The minimum Gasteiger partial charge on any atom is -0.462 e. The Labute approximate surface area is 129 Å². The van der Waals surface area contributed by atoms with Crippen molar-refractivity contribution in [3.8, 4) is 0 Å². The minimum absolute atomic E-state index is 0.309. The fraction of sp³-hybridized carbons (Fsp3) is 0.176. The lowest BCUT2D eigenvalue weighted by atomic mass is 10.1. The van der Waals surface area contributed by atoms with Gasteiger partial charge in [0.05, 0.1) is 12.2 Å². The maximum Gasteiger partial charge on any atom is 0.338 e. The van der Waals surface area contributed by atoms with Crippen LogP contribution in [0.4, 0.5) is 16.2 Å². The Morgan fingerprint density at radius 3 is 2.45 bits per heavy atom. The molecule has 5 nitrogen and oxygen atoms in total. The van der Waals surface area contributed by atoms with Gasteiger partial charge in [0.1, 0.15) is 0 Å². The van der Waals surface area contributed by atoms with Gasteiger partial charge in [-0.15, -0.1) is 0 Å². The van der Waals surface area contributed by atoms with Gasteiger partial charge in [-0.25, -0.2) is 9.59 Å². The zero-order chi connectivity index (χ0) is 15.9. The Hall–Kier alpha value is -2.82. The second-order valence-corrected chi connectivity index (χ2v) is 4.70. The lowest BCUT2D eigenvalue weighted by molar-refractivity contribution is 0.0526. The average molecular weight is 298 g/mol. The maximum atomic E-state index is 12.0. The zero-order valence-corrected chi connectivity index (χ0v) is 12.6. The Morgan fingerprint density at radius 2 is 1.77 bits per heavy atom. The number of aryl methyl sites for hydroxylation is 1. The summed E-state index contributed by atoms with van der Waals surface area (Å²) in [5.74, 6) is -0.408. The van der Waals surface area contributed by atoms with Crippen LogP contribution >= 0.6 is 0 Å². The summed E-state index contributed by atoms with van der Waals surface area (Å²) in [5, 5.41) is 5.46. The number of carbonyl (C=O) groups is 2. The van der Waals surface area contributed by atoms with Crippen LogP contribution in [-0.4, -0.2) is 18.6 Å². The standard InChI is InChI=1S/C17H18N2O3/c1-3-22-16(20)13-10-9-12(2)15(11-13)19-17(21)18-14-7-5-4-6-8-14/h4-11H,3H2,1-2H3,(H2,18,19,21). The minimum atomic E-state index is -0.408. The molecule has 0 unspecified atom stereocenters. The number of hydrogen-bond acceptors (Lipinski definition) is 3. The number of amides is 2. The number of hydrogen-bond donors (Lipinski definition) is 2. The summed E-state index contributed by atoms with van der Waals surface area (Å²) < 4.78 is 4.96. The molecule has 2 rings (SSSR count). The van der Waals surface area contributed by atoms with Gasteiger partial charge >= 0.3 is 12.0 Å². The van der Waals surface area contributed by atoms with Crippen molar-refractivity contribution in [1.82, 2.24) is 0 Å². The van der Waals surface area contributed by atoms with Crippen molar-refractivity contribution < 1.29 is 14.3 Å². The van der Waals surface area contributed by atoms with Crippen LogP contribution < -0.4 is 10.6 Å². The van der Waals surface area contributed by atoms with Crippen molar-refractivity contribution in [3.05, 3.63) is 59.7 Å². The van der Waals surface area contributed by atoms with Gasteiger partial charge in [-0.1, -0.05) is 24.3 Å². The van der Waals surface area contributed by atoms with E-state index in [2.05, 4.69) is 10.6 Å². The lowest BCUT2D eigenvalue weighted by Gasteiger charge is -2.11. The van der Waals surface area contributed by atoms with Crippen molar-refractivity contribution in [2.75, 3.05) is 17.2 Å². The summed E-state index contributed by atoms with van der Waals surface area (Å²) in [5.41, 5.74) is 2.52. The molecule has 0 bridgehead atoms. The van der Waals surface area contributed by atoms with Crippen LogP contribution in [-0.2, 0) is 4.74 Å². The highest BCUT2D eigenvalue weighted by molar-refractivity contribution is 6.01. The van der Waals surface area contributed by atoms with E-state index in [4.69, 9.17) is 4.74 Å². The first-order valence-corrected chi connectivity index (χ1v) is 7.01. The molecule has 5 heteroatoms. The number of ether oxygens (including phenoxy) is 1. The molecule has 0 aromatic heterocycles. The van der Waals surface area contributed by atoms with E-state index in [0.717, 1.165) is 5.56 Å². The highest BCUT2D eigenvalue weighted by Crippen LogP contribution is 2.18. The third-order valence-corrected chi connectivity index (χ3v) is 3.03. The van der Waals surface area contributed by atoms with Gasteiger partial charge in [-0.3, -0.25) is 0 Å². The molecule has 0 saturated carbocycles. The third kappa shape index (κ3) is 4.09. The summed E-state index contributed by atoms with van der Waals surface area (Å²) in [6.45, 7) is 3.91. The average Bonchev–Trinajstić information content (AvgIpc) is 2.50. The summed E-state index contributed by atoms with van der Waals surface area (Å²) >= 11 is 0. The molecule has 0 atom stereocenters. The number of carbonyl (C=O) groups excluding carboxylic acids is 2. The van der Waals surface area contributed by atoms with Crippen LogP contribution in [0.2, 0.25) is 0 Å². The first-order chi connectivity index (χ1) is 10.6. The van der Waals surface area contributed by atoms with Crippen LogP contribution in [0.25, 0.3) is 0 Å². The molecule has 0 aliphatic carbocycles.